The molecule has 0 bridgehead atoms. The summed E-state index contributed by atoms with van der Waals surface area (Å²) in [5, 5.41) is 2.70. The van der Waals surface area contributed by atoms with E-state index in [0.717, 1.165) is 11.1 Å². The largest absolute Gasteiger partial charge is 0.454 e. The van der Waals surface area contributed by atoms with Gasteiger partial charge >= 0.3 is 5.97 Å². The molecular weight excluding hydrogens is 392 g/mol. The molecular formula is C21H26N2O5S. The van der Waals surface area contributed by atoms with Gasteiger partial charge < -0.3 is 10.1 Å². The van der Waals surface area contributed by atoms with Crippen LogP contribution in [0.15, 0.2) is 59.5 Å². The number of nitrogens with one attached hydrogen (secondary N) is 2. The zero-order valence-electron chi connectivity index (χ0n) is 16.7. The summed E-state index contributed by atoms with van der Waals surface area (Å²) in [5.74, 6) is -1.17. The average molecular weight is 419 g/mol. The molecule has 2 atom stereocenters. The van der Waals surface area contributed by atoms with Gasteiger partial charge in [0.1, 0.15) is 6.04 Å². The third-order valence-electron chi connectivity index (χ3n) is 4.34. The SMILES string of the molecule is Cc1ccc(S(=O)(=O)N[C@@H](C)C(=O)OCC(=O)NCC(C)c2ccccc2)cc1. The van der Waals surface area contributed by atoms with Crippen molar-refractivity contribution in [3.05, 3.63) is 65.7 Å². The molecule has 0 aliphatic carbocycles. The molecule has 156 valence electrons. The first-order valence-corrected chi connectivity index (χ1v) is 10.7. The first-order chi connectivity index (χ1) is 13.7. The van der Waals surface area contributed by atoms with Gasteiger partial charge in [-0.1, -0.05) is 55.0 Å². The first-order valence-electron chi connectivity index (χ1n) is 9.26. The van der Waals surface area contributed by atoms with E-state index >= 15 is 0 Å². The van der Waals surface area contributed by atoms with E-state index in [4.69, 9.17) is 4.74 Å². The maximum atomic E-state index is 12.3. The van der Waals surface area contributed by atoms with Crippen molar-refractivity contribution >= 4 is 21.9 Å². The Hall–Kier alpha value is -2.71. The minimum Gasteiger partial charge on any atom is -0.454 e. The predicted octanol–water partition coefficient (Wildman–Crippen LogP) is 2.12. The molecule has 1 unspecified atom stereocenters. The highest BCUT2D eigenvalue weighted by molar-refractivity contribution is 7.89. The van der Waals surface area contributed by atoms with Gasteiger partial charge in [-0.15, -0.1) is 0 Å². The van der Waals surface area contributed by atoms with Crippen LogP contribution in [0.1, 0.15) is 30.9 Å². The maximum absolute atomic E-state index is 12.3. The molecule has 0 fully saturated rings. The molecule has 2 N–H and O–H groups in total. The highest BCUT2D eigenvalue weighted by atomic mass is 32.2. The molecule has 0 aliphatic heterocycles. The van der Waals surface area contributed by atoms with E-state index in [2.05, 4.69) is 10.0 Å². The molecule has 2 aromatic rings. The third kappa shape index (κ3) is 6.99. The average Bonchev–Trinajstić information content (AvgIpc) is 2.70. The van der Waals surface area contributed by atoms with Crippen LogP contribution < -0.4 is 10.0 Å². The Balaban J connectivity index is 1.79. The number of ether oxygens (including phenoxy) is 1. The molecule has 0 heterocycles. The van der Waals surface area contributed by atoms with Crippen LogP contribution >= 0.6 is 0 Å². The minimum atomic E-state index is -3.86. The number of hydrogen-bond donors (Lipinski definition) is 2. The second-order valence-corrected chi connectivity index (χ2v) is 8.59. The molecule has 0 saturated heterocycles. The van der Waals surface area contributed by atoms with Crippen molar-refractivity contribution in [1.82, 2.24) is 10.0 Å². The quantitative estimate of drug-likeness (QED) is 0.608. The number of aryl methyl sites for hydroxylation is 1. The van der Waals surface area contributed by atoms with Gasteiger partial charge in [-0.3, -0.25) is 9.59 Å². The monoisotopic (exact) mass is 418 g/mol. The number of carbonyl (C=O) groups is 2. The van der Waals surface area contributed by atoms with Gasteiger partial charge in [-0.05, 0) is 37.5 Å². The van der Waals surface area contributed by atoms with Crippen LogP contribution in [-0.2, 0) is 24.3 Å². The fourth-order valence-corrected chi connectivity index (χ4v) is 3.74. The van der Waals surface area contributed by atoms with Crippen LogP contribution in [0.4, 0.5) is 0 Å². The number of amides is 1. The summed E-state index contributed by atoms with van der Waals surface area (Å²) in [4.78, 5) is 24.0. The predicted molar refractivity (Wildman–Crippen MR) is 110 cm³/mol. The summed E-state index contributed by atoms with van der Waals surface area (Å²) in [6, 6.07) is 14.8. The van der Waals surface area contributed by atoms with Gasteiger partial charge in [0, 0.05) is 6.54 Å². The van der Waals surface area contributed by atoms with Crippen molar-refractivity contribution in [3.8, 4) is 0 Å². The van der Waals surface area contributed by atoms with Crippen molar-refractivity contribution in [2.75, 3.05) is 13.2 Å². The van der Waals surface area contributed by atoms with Crippen LogP contribution in [0, 0.1) is 6.92 Å². The first kappa shape index (κ1) is 22.6. The van der Waals surface area contributed by atoms with Gasteiger partial charge in [0.25, 0.3) is 5.91 Å². The molecule has 2 aromatic carbocycles. The number of benzene rings is 2. The van der Waals surface area contributed by atoms with E-state index in [-0.39, 0.29) is 10.8 Å². The second kappa shape index (κ2) is 10.2. The molecule has 8 heteroatoms. The van der Waals surface area contributed by atoms with Gasteiger partial charge in [0.2, 0.25) is 10.0 Å². The lowest BCUT2D eigenvalue weighted by Gasteiger charge is -2.15. The molecule has 0 radical (unpaired) electrons. The Morgan fingerprint density at radius 2 is 1.62 bits per heavy atom. The lowest BCUT2D eigenvalue weighted by Crippen LogP contribution is -2.41. The second-order valence-electron chi connectivity index (χ2n) is 6.88. The lowest BCUT2D eigenvalue weighted by molar-refractivity contribution is -0.149. The molecule has 0 aliphatic rings. The van der Waals surface area contributed by atoms with Gasteiger partial charge in [-0.2, -0.15) is 4.72 Å². The summed E-state index contributed by atoms with van der Waals surface area (Å²) in [5.41, 5.74) is 2.01. The van der Waals surface area contributed by atoms with Crippen LogP contribution in [0.25, 0.3) is 0 Å². The zero-order chi connectivity index (χ0) is 21.4. The number of esters is 1. The standard InChI is InChI=1S/C21H26N2O5S/c1-15-9-11-19(12-10-15)29(26,27)23-17(3)21(25)28-14-20(24)22-13-16(2)18-7-5-4-6-8-18/h4-12,16-17,23H,13-14H2,1-3H3,(H,22,24)/t16?,17-/m0/s1. The van der Waals surface area contributed by atoms with E-state index in [0.29, 0.717) is 6.54 Å². The number of carbonyl (C=O) groups excluding carboxylic acids is 2. The Kier molecular flexibility index (Phi) is 7.92. The number of hydrogen-bond acceptors (Lipinski definition) is 5. The van der Waals surface area contributed by atoms with E-state index in [1.807, 2.05) is 44.2 Å². The van der Waals surface area contributed by atoms with Crippen molar-refractivity contribution in [3.63, 3.8) is 0 Å². The zero-order valence-corrected chi connectivity index (χ0v) is 17.5. The minimum absolute atomic E-state index is 0.0513. The van der Waals surface area contributed by atoms with E-state index in [1.54, 1.807) is 12.1 Å². The molecule has 0 saturated carbocycles. The Bertz CT molecular complexity index is 927. The summed E-state index contributed by atoms with van der Waals surface area (Å²) in [7, 11) is -3.86. The smallest absolute Gasteiger partial charge is 0.324 e. The Morgan fingerprint density at radius 3 is 2.24 bits per heavy atom. The van der Waals surface area contributed by atoms with Crippen molar-refractivity contribution in [1.29, 1.82) is 0 Å². The molecule has 0 spiro atoms. The summed E-state index contributed by atoms with van der Waals surface area (Å²) < 4.78 is 31.8. The van der Waals surface area contributed by atoms with Gasteiger partial charge in [-0.25, -0.2) is 8.42 Å². The van der Waals surface area contributed by atoms with Gasteiger partial charge in [0.15, 0.2) is 6.61 Å². The fraction of sp³-hybridized carbons (Fsp3) is 0.333. The summed E-state index contributed by atoms with van der Waals surface area (Å²) >= 11 is 0. The van der Waals surface area contributed by atoms with E-state index < -0.39 is 34.5 Å². The van der Waals surface area contributed by atoms with E-state index in [9.17, 15) is 18.0 Å². The highest BCUT2D eigenvalue weighted by Gasteiger charge is 2.23. The fourth-order valence-electron chi connectivity index (χ4n) is 2.55. The van der Waals surface area contributed by atoms with E-state index in [1.165, 1.54) is 19.1 Å². The van der Waals surface area contributed by atoms with Crippen LogP contribution in [0.5, 0.6) is 0 Å². The van der Waals surface area contributed by atoms with Crippen molar-refractivity contribution in [2.24, 2.45) is 0 Å². The molecule has 29 heavy (non-hydrogen) atoms. The van der Waals surface area contributed by atoms with Crippen LogP contribution in [-0.4, -0.2) is 39.5 Å². The summed E-state index contributed by atoms with van der Waals surface area (Å²) in [6.07, 6.45) is 0. The summed E-state index contributed by atoms with van der Waals surface area (Å²) in [6.45, 7) is 5.11. The molecule has 1 amide bonds. The molecule has 2 rings (SSSR count). The maximum Gasteiger partial charge on any atom is 0.324 e. The Morgan fingerprint density at radius 1 is 1.00 bits per heavy atom. The third-order valence-corrected chi connectivity index (χ3v) is 5.89. The highest BCUT2D eigenvalue weighted by Crippen LogP contribution is 2.13. The normalized spacial score (nSPS) is 13.3. The number of sulfonamides is 1. The molecule has 0 aromatic heterocycles. The molecule has 7 nitrogen and oxygen atoms in total. The van der Waals surface area contributed by atoms with Gasteiger partial charge in [0.05, 0.1) is 4.90 Å². The Labute approximate surface area is 171 Å². The van der Waals surface area contributed by atoms with Crippen LogP contribution in [0.2, 0.25) is 0 Å². The topological polar surface area (TPSA) is 102 Å². The number of rotatable bonds is 9. The van der Waals surface area contributed by atoms with Crippen molar-refractivity contribution in [2.45, 2.75) is 37.6 Å². The van der Waals surface area contributed by atoms with Crippen LogP contribution in [0.3, 0.4) is 0 Å². The lowest BCUT2D eigenvalue weighted by atomic mass is 10.0. The van der Waals surface area contributed by atoms with Crippen molar-refractivity contribution < 1.29 is 22.7 Å².